The SMILES string of the molecule is CC(C)C1CCCc2[nH]ncc21. The smallest absolute Gasteiger partial charge is 0.0525 e. The lowest BCUT2D eigenvalue weighted by atomic mass is 9.80. The fourth-order valence-electron chi connectivity index (χ4n) is 2.19. The Morgan fingerprint density at radius 2 is 2.42 bits per heavy atom. The molecule has 0 saturated heterocycles. The van der Waals surface area contributed by atoms with Crippen LogP contribution < -0.4 is 0 Å². The van der Waals surface area contributed by atoms with Crippen LogP contribution in [-0.4, -0.2) is 10.2 Å². The molecule has 1 heterocycles. The third kappa shape index (κ3) is 1.15. The van der Waals surface area contributed by atoms with Crippen LogP contribution in [0.2, 0.25) is 0 Å². The number of H-pyrrole nitrogens is 1. The van der Waals surface area contributed by atoms with E-state index in [9.17, 15) is 0 Å². The molecule has 12 heavy (non-hydrogen) atoms. The second-order valence-electron chi connectivity index (χ2n) is 4.05. The Bertz CT molecular complexity index is 263. The molecule has 0 amide bonds. The molecular weight excluding hydrogens is 148 g/mol. The van der Waals surface area contributed by atoms with E-state index in [0.29, 0.717) is 0 Å². The van der Waals surface area contributed by atoms with E-state index in [1.165, 1.54) is 30.5 Å². The molecule has 66 valence electrons. The summed E-state index contributed by atoms with van der Waals surface area (Å²) < 4.78 is 0. The molecule has 2 rings (SSSR count). The molecule has 0 aliphatic heterocycles. The topological polar surface area (TPSA) is 28.7 Å². The zero-order valence-electron chi connectivity index (χ0n) is 7.80. The van der Waals surface area contributed by atoms with Crippen LogP contribution >= 0.6 is 0 Å². The van der Waals surface area contributed by atoms with Gasteiger partial charge in [0.15, 0.2) is 0 Å². The second kappa shape index (κ2) is 2.92. The van der Waals surface area contributed by atoms with Crippen LogP contribution in [0.1, 0.15) is 43.9 Å². The molecule has 1 aliphatic carbocycles. The normalized spacial score (nSPS) is 22.8. The summed E-state index contributed by atoms with van der Waals surface area (Å²) in [5.41, 5.74) is 2.84. The summed E-state index contributed by atoms with van der Waals surface area (Å²) in [6.07, 6.45) is 5.86. The van der Waals surface area contributed by atoms with Gasteiger partial charge in [0.25, 0.3) is 0 Å². The number of nitrogens with one attached hydrogen (secondary N) is 1. The molecule has 1 aromatic heterocycles. The first kappa shape index (κ1) is 7.84. The quantitative estimate of drug-likeness (QED) is 0.678. The van der Waals surface area contributed by atoms with Crippen molar-refractivity contribution in [3.05, 3.63) is 17.5 Å². The molecule has 1 unspecified atom stereocenters. The predicted octanol–water partition coefficient (Wildman–Crippen LogP) is 2.49. The van der Waals surface area contributed by atoms with Crippen LogP contribution in [0.3, 0.4) is 0 Å². The average molecular weight is 164 g/mol. The Hall–Kier alpha value is -0.790. The molecule has 1 aromatic rings. The lowest BCUT2D eigenvalue weighted by Crippen LogP contribution is -2.13. The first-order chi connectivity index (χ1) is 5.79. The van der Waals surface area contributed by atoms with Crippen molar-refractivity contribution >= 4 is 0 Å². The van der Waals surface area contributed by atoms with Gasteiger partial charge in [0.05, 0.1) is 6.20 Å². The van der Waals surface area contributed by atoms with Crippen molar-refractivity contribution in [3.63, 3.8) is 0 Å². The summed E-state index contributed by atoms with van der Waals surface area (Å²) in [6, 6.07) is 0. The van der Waals surface area contributed by atoms with Crippen molar-refractivity contribution in [2.24, 2.45) is 5.92 Å². The summed E-state index contributed by atoms with van der Waals surface area (Å²) in [5.74, 6) is 1.49. The summed E-state index contributed by atoms with van der Waals surface area (Å²) in [4.78, 5) is 0. The monoisotopic (exact) mass is 164 g/mol. The Kier molecular flexibility index (Phi) is 1.91. The van der Waals surface area contributed by atoms with Gasteiger partial charge in [0, 0.05) is 5.69 Å². The van der Waals surface area contributed by atoms with E-state index in [1.807, 2.05) is 6.20 Å². The van der Waals surface area contributed by atoms with Gasteiger partial charge in [-0.2, -0.15) is 5.10 Å². The van der Waals surface area contributed by atoms with Gasteiger partial charge in [-0.25, -0.2) is 0 Å². The minimum Gasteiger partial charge on any atom is -0.282 e. The molecule has 0 bridgehead atoms. The second-order valence-corrected chi connectivity index (χ2v) is 4.05. The van der Waals surface area contributed by atoms with E-state index in [2.05, 4.69) is 24.0 Å². The number of hydrogen-bond donors (Lipinski definition) is 1. The maximum absolute atomic E-state index is 4.11. The maximum atomic E-state index is 4.11. The highest BCUT2D eigenvalue weighted by atomic mass is 15.1. The van der Waals surface area contributed by atoms with Crippen LogP contribution in [-0.2, 0) is 6.42 Å². The largest absolute Gasteiger partial charge is 0.282 e. The number of aryl methyl sites for hydroxylation is 1. The molecule has 0 saturated carbocycles. The van der Waals surface area contributed by atoms with Crippen molar-refractivity contribution in [3.8, 4) is 0 Å². The third-order valence-electron chi connectivity index (χ3n) is 2.90. The van der Waals surface area contributed by atoms with Gasteiger partial charge in [-0.05, 0) is 36.7 Å². The zero-order valence-corrected chi connectivity index (χ0v) is 7.80. The number of aromatic amines is 1. The van der Waals surface area contributed by atoms with Crippen LogP contribution in [0.5, 0.6) is 0 Å². The minimum atomic E-state index is 0.743. The molecule has 1 aliphatic rings. The molecule has 1 atom stereocenters. The first-order valence-electron chi connectivity index (χ1n) is 4.81. The van der Waals surface area contributed by atoms with Crippen molar-refractivity contribution in [2.45, 2.75) is 39.0 Å². The standard InChI is InChI=1S/C10H16N2/c1-7(2)8-4-3-5-10-9(8)6-11-12-10/h6-8H,3-5H2,1-2H3,(H,11,12). The van der Waals surface area contributed by atoms with Crippen LogP contribution in [0, 0.1) is 5.92 Å². The summed E-state index contributed by atoms with van der Waals surface area (Å²) in [7, 11) is 0. The number of aromatic nitrogens is 2. The molecule has 0 fully saturated rings. The number of rotatable bonds is 1. The summed E-state index contributed by atoms with van der Waals surface area (Å²) >= 11 is 0. The number of hydrogen-bond acceptors (Lipinski definition) is 1. The highest BCUT2D eigenvalue weighted by molar-refractivity contribution is 5.24. The Morgan fingerprint density at radius 3 is 3.17 bits per heavy atom. The van der Waals surface area contributed by atoms with Crippen molar-refractivity contribution in [2.75, 3.05) is 0 Å². The van der Waals surface area contributed by atoms with Crippen LogP contribution in [0.25, 0.3) is 0 Å². The van der Waals surface area contributed by atoms with E-state index in [0.717, 1.165) is 11.8 Å². The van der Waals surface area contributed by atoms with Crippen molar-refractivity contribution < 1.29 is 0 Å². The van der Waals surface area contributed by atoms with Gasteiger partial charge in [0.1, 0.15) is 0 Å². The molecular formula is C10H16N2. The van der Waals surface area contributed by atoms with Gasteiger partial charge < -0.3 is 0 Å². The maximum Gasteiger partial charge on any atom is 0.0525 e. The van der Waals surface area contributed by atoms with Crippen molar-refractivity contribution in [1.29, 1.82) is 0 Å². The molecule has 2 nitrogen and oxygen atoms in total. The highest BCUT2D eigenvalue weighted by Crippen LogP contribution is 2.35. The average Bonchev–Trinajstić information content (AvgIpc) is 2.49. The van der Waals surface area contributed by atoms with Crippen LogP contribution in [0.4, 0.5) is 0 Å². The van der Waals surface area contributed by atoms with E-state index in [-0.39, 0.29) is 0 Å². The van der Waals surface area contributed by atoms with E-state index >= 15 is 0 Å². The Labute approximate surface area is 73.4 Å². The highest BCUT2D eigenvalue weighted by Gasteiger charge is 2.23. The van der Waals surface area contributed by atoms with Gasteiger partial charge in [-0.1, -0.05) is 13.8 Å². The molecule has 0 spiro atoms. The van der Waals surface area contributed by atoms with E-state index in [4.69, 9.17) is 0 Å². The third-order valence-corrected chi connectivity index (χ3v) is 2.90. The molecule has 2 heteroatoms. The number of nitrogens with zero attached hydrogens (tertiary/aromatic N) is 1. The van der Waals surface area contributed by atoms with E-state index < -0.39 is 0 Å². The fourth-order valence-corrected chi connectivity index (χ4v) is 2.19. The fraction of sp³-hybridized carbons (Fsp3) is 0.700. The molecule has 0 radical (unpaired) electrons. The van der Waals surface area contributed by atoms with Crippen molar-refractivity contribution in [1.82, 2.24) is 10.2 Å². The van der Waals surface area contributed by atoms with Gasteiger partial charge in [0.2, 0.25) is 0 Å². The predicted molar refractivity (Wildman–Crippen MR) is 49.1 cm³/mol. The summed E-state index contributed by atoms with van der Waals surface area (Å²) in [5, 5.41) is 7.20. The van der Waals surface area contributed by atoms with E-state index in [1.54, 1.807) is 0 Å². The zero-order chi connectivity index (χ0) is 8.55. The lowest BCUT2D eigenvalue weighted by Gasteiger charge is -2.24. The number of fused-ring (bicyclic) bond motifs is 1. The minimum absolute atomic E-state index is 0.743. The van der Waals surface area contributed by atoms with Gasteiger partial charge in [-0.15, -0.1) is 0 Å². The first-order valence-corrected chi connectivity index (χ1v) is 4.81. The van der Waals surface area contributed by atoms with Crippen LogP contribution in [0.15, 0.2) is 6.20 Å². The Balaban J connectivity index is 2.31. The lowest BCUT2D eigenvalue weighted by molar-refractivity contribution is 0.432. The Morgan fingerprint density at radius 1 is 1.58 bits per heavy atom. The molecule has 0 aromatic carbocycles. The summed E-state index contributed by atoms with van der Waals surface area (Å²) in [6.45, 7) is 4.60. The molecule has 1 N–H and O–H groups in total. The van der Waals surface area contributed by atoms with Gasteiger partial charge >= 0.3 is 0 Å². The van der Waals surface area contributed by atoms with Gasteiger partial charge in [-0.3, -0.25) is 5.10 Å².